The third-order valence-corrected chi connectivity index (χ3v) is 2.82. The number of hydrogen-bond acceptors (Lipinski definition) is 2. The topological polar surface area (TPSA) is 46.2 Å². The van der Waals surface area contributed by atoms with Crippen molar-refractivity contribution in [2.75, 3.05) is 0 Å². The first-order valence-corrected chi connectivity index (χ1v) is 4.98. The molecule has 0 radical (unpaired) electrons. The van der Waals surface area contributed by atoms with Crippen LogP contribution in [0.1, 0.15) is 37.0 Å². The van der Waals surface area contributed by atoms with Crippen LogP contribution in [-0.2, 0) is 5.54 Å². The molecule has 1 aromatic rings. The predicted molar refractivity (Wildman–Crippen MR) is 59.4 cm³/mol. The lowest BCUT2D eigenvalue weighted by Crippen LogP contribution is -2.33. The van der Waals surface area contributed by atoms with Gasteiger partial charge < -0.3 is 10.8 Å². The molecule has 1 rings (SSSR count). The van der Waals surface area contributed by atoms with Crippen molar-refractivity contribution in [2.24, 2.45) is 5.73 Å². The molecule has 0 aromatic heterocycles. The maximum absolute atomic E-state index is 9.42. The van der Waals surface area contributed by atoms with Gasteiger partial charge in [0.15, 0.2) is 0 Å². The van der Waals surface area contributed by atoms with Crippen LogP contribution in [0.4, 0.5) is 0 Å². The zero-order chi connectivity index (χ0) is 10.9. The van der Waals surface area contributed by atoms with E-state index in [0.717, 1.165) is 23.1 Å². The third kappa shape index (κ3) is 1.90. The molecule has 0 amide bonds. The van der Waals surface area contributed by atoms with Gasteiger partial charge >= 0.3 is 0 Å². The molecule has 0 saturated carbocycles. The molecule has 1 unspecified atom stereocenters. The Morgan fingerprint density at radius 3 is 2.07 bits per heavy atom. The van der Waals surface area contributed by atoms with Crippen LogP contribution < -0.4 is 5.73 Å². The number of aromatic hydroxyl groups is 1. The number of nitrogens with two attached hydrogens (primary N) is 1. The molecule has 0 fully saturated rings. The number of phenols is 1. The van der Waals surface area contributed by atoms with Gasteiger partial charge in [-0.2, -0.15) is 0 Å². The van der Waals surface area contributed by atoms with Crippen LogP contribution in [0.15, 0.2) is 12.1 Å². The Morgan fingerprint density at radius 1 is 1.29 bits per heavy atom. The van der Waals surface area contributed by atoms with Crippen LogP contribution in [0, 0.1) is 13.8 Å². The summed E-state index contributed by atoms with van der Waals surface area (Å²) in [5.74, 6) is 0.315. The summed E-state index contributed by atoms with van der Waals surface area (Å²) in [5, 5.41) is 9.42. The summed E-state index contributed by atoms with van der Waals surface area (Å²) in [6.07, 6.45) is 0.888. The van der Waals surface area contributed by atoms with Crippen LogP contribution in [0.5, 0.6) is 5.75 Å². The Labute approximate surface area is 85.8 Å². The molecule has 3 N–H and O–H groups in total. The van der Waals surface area contributed by atoms with E-state index in [1.54, 1.807) is 12.1 Å². The van der Waals surface area contributed by atoms with E-state index in [2.05, 4.69) is 6.92 Å². The average molecular weight is 193 g/mol. The number of aryl methyl sites for hydroxylation is 2. The fourth-order valence-corrected chi connectivity index (χ4v) is 2.02. The highest BCUT2D eigenvalue weighted by atomic mass is 16.3. The second-order valence-corrected chi connectivity index (χ2v) is 4.23. The minimum Gasteiger partial charge on any atom is -0.508 e. The molecular weight excluding hydrogens is 174 g/mol. The molecule has 2 heteroatoms. The highest BCUT2D eigenvalue weighted by Gasteiger charge is 2.23. The summed E-state index contributed by atoms with van der Waals surface area (Å²) in [4.78, 5) is 0. The fourth-order valence-electron chi connectivity index (χ4n) is 2.02. The first kappa shape index (κ1) is 11.1. The summed E-state index contributed by atoms with van der Waals surface area (Å²) in [6.45, 7) is 8.08. The van der Waals surface area contributed by atoms with Crippen molar-refractivity contribution in [3.05, 3.63) is 28.8 Å². The van der Waals surface area contributed by atoms with Crippen molar-refractivity contribution in [3.63, 3.8) is 0 Å². The van der Waals surface area contributed by atoms with E-state index in [1.807, 2.05) is 20.8 Å². The van der Waals surface area contributed by atoms with Gasteiger partial charge in [0, 0.05) is 5.54 Å². The zero-order valence-corrected chi connectivity index (χ0v) is 9.39. The van der Waals surface area contributed by atoms with Gasteiger partial charge in [0.05, 0.1) is 0 Å². The maximum atomic E-state index is 9.42. The third-order valence-electron chi connectivity index (χ3n) is 2.82. The van der Waals surface area contributed by atoms with Crippen molar-refractivity contribution in [1.29, 1.82) is 0 Å². The molecule has 0 bridgehead atoms. The Morgan fingerprint density at radius 2 is 1.71 bits per heavy atom. The summed E-state index contributed by atoms with van der Waals surface area (Å²) < 4.78 is 0. The van der Waals surface area contributed by atoms with Crippen LogP contribution in [-0.4, -0.2) is 5.11 Å². The number of hydrogen-bond donors (Lipinski definition) is 2. The first-order chi connectivity index (χ1) is 6.38. The zero-order valence-electron chi connectivity index (χ0n) is 9.39. The second-order valence-electron chi connectivity index (χ2n) is 4.23. The van der Waals surface area contributed by atoms with Crippen molar-refractivity contribution < 1.29 is 5.11 Å². The Balaban J connectivity index is 3.35. The van der Waals surface area contributed by atoms with Crippen molar-refractivity contribution in [2.45, 2.75) is 39.7 Å². The largest absolute Gasteiger partial charge is 0.508 e. The predicted octanol–water partition coefficient (Wildman–Crippen LogP) is 2.59. The van der Waals surface area contributed by atoms with Crippen molar-refractivity contribution in [3.8, 4) is 5.75 Å². The van der Waals surface area contributed by atoms with Crippen LogP contribution >= 0.6 is 0 Å². The van der Waals surface area contributed by atoms with E-state index in [-0.39, 0.29) is 5.54 Å². The van der Waals surface area contributed by atoms with Gasteiger partial charge in [-0.25, -0.2) is 0 Å². The van der Waals surface area contributed by atoms with E-state index in [9.17, 15) is 5.11 Å². The summed E-state index contributed by atoms with van der Waals surface area (Å²) in [7, 11) is 0. The number of rotatable bonds is 2. The van der Waals surface area contributed by atoms with Gasteiger partial charge in [-0.3, -0.25) is 0 Å². The normalized spacial score (nSPS) is 15.2. The average Bonchev–Trinajstić information content (AvgIpc) is 2.01. The molecule has 0 saturated heterocycles. The summed E-state index contributed by atoms with van der Waals surface area (Å²) >= 11 is 0. The standard InChI is InChI=1S/C12H19NO/c1-5-12(4,13)11-8(2)6-10(14)7-9(11)3/h6-7,14H,5,13H2,1-4H3. The maximum Gasteiger partial charge on any atom is 0.116 e. The van der Waals surface area contributed by atoms with Crippen LogP contribution in [0.3, 0.4) is 0 Å². The minimum atomic E-state index is -0.304. The van der Waals surface area contributed by atoms with Gasteiger partial charge in [-0.15, -0.1) is 0 Å². The minimum absolute atomic E-state index is 0.304. The van der Waals surface area contributed by atoms with Gasteiger partial charge in [0.2, 0.25) is 0 Å². The second kappa shape index (κ2) is 3.62. The first-order valence-electron chi connectivity index (χ1n) is 4.98. The van der Waals surface area contributed by atoms with Gasteiger partial charge in [0.25, 0.3) is 0 Å². The quantitative estimate of drug-likeness (QED) is 0.758. The van der Waals surface area contributed by atoms with E-state index in [0.29, 0.717) is 5.75 Å². The fraction of sp³-hybridized carbons (Fsp3) is 0.500. The molecule has 2 nitrogen and oxygen atoms in total. The highest BCUT2D eigenvalue weighted by molar-refractivity contribution is 5.44. The van der Waals surface area contributed by atoms with E-state index in [4.69, 9.17) is 5.73 Å². The molecule has 1 aromatic carbocycles. The van der Waals surface area contributed by atoms with Gasteiger partial charge in [-0.05, 0) is 56.0 Å². The molecule has 0 heterocycles. The lowest BCUT2D eigenvalue weighted by Gasteiger charge is -2.27. The number of benzene rings is 1. The molecule has 0 spiro atoms. The number of phenolic OH excluding ortho intramolecular Hbond substituents is 1. The van der Waals surface area contributed by atoms with Crippen LogP contribution in [0.25, 0.3) is 0 Å². The molecule has 1 atom stereocenters. The van der Waals surface area contributed by atoms with Crippen molar-refractivity contribution in [1.82, 2.24) is 0 Å². The lowest BCUT2D eigenvalue weighted by molar-refractivity contribution is 0.459. The van der Waals surface area contributed by atoms with Gasteiger partial charge in [-0.1, -0.05) is 6.92 Å². The smallest absolute Gasteiger partial charge is 0.116 e. The van der Waals surface area contributed by atoms with Crippen LogP contribution in [0.2, 0.25) is 0 Å². The summed E-state index contributed by atoms with van der Waals surface area (Å²) in [5.41, 5.74) is 9.18. The Bertz CT molecular complexity index is 319. The van der Waals surface area contributed by atoms with Gasteiger partial charge in [0.1, 0.15) is 5.75 Å². The molecule has 0 aliphatic rings. The monoisotopic (exact) mass is 193 g/mol. The molecule has 0 aliphatic heterocycles. The van der Waals surface area contributed by atoms with E-state index >= 15 is 0 Å². The van der Waals surface area contributed by atoms with E-state index in [1.165, 1.54) is 0 Å². The van der Waals surface area contributed by atoms with E-state index < -0.39 is 0 Å². The van der Waals surface area contributed by atoms with Crippen molar-refractivity contribution >= 4 is 0 Å². The molecular formula is C12H19NO. The SMILES string of the molecule is CCC(C)(N)c1c(C)cc(O)cc1C. The Hall–Kier alpha value is -1.02. The highest BCUT2D eigenvalue weighted by Crippen LogP contribution is 2.30. The molecule has 14 heavy (non-hydrogen) atoms. The molecule has 0 aliphatic carbocycles. The lowest BCUT2D eigenvalue weighted by atomic mass is 9.84. The Kier molecular flexibility index (Phi) is 2.86. The summed E-state index contributed by atoms with van der Waals surface area (Å²) in [6, 6.07) is 3.53. The molecule has 78 valence electrons.